The summed E-state index contributed by atoms with van der Waals surface area (Å²) in [5.74, 6) is -0.641. The lowest BCUT2D eigenvalue weighted by Crippen LogP contribution is -2.17. The standard InChI is InChI=1S/C15H10BrNO3/c1-20-15(19)11-7-17-13-9-5-3-2-4-8(9)12(16)6-10(13)14(11)18/h2-7H,1H3,(H,17,18). The van der Waals surface area contributed by atoms with Gasteiger partial charge in [-0.1, -0.05) is 40.2 Å². The Hall–Kier alpha value is -2.14. The zero-order valence-electron chi connectivity index (χ0n) is 10.6. The van der Waals surface area contributed by atoms with E-state index >= 15 is 0 Å². The first-order valence-corrected chi connectivity index (χ1v) is 6.73. The molecule has 0 aliphatic heterocycles. The second kappa shape index (κ2) is 4.76. The maximum atomic E-state index is 12.4. The first kappa shape index (κ1) is 12.9. The molecule has 1 heterocycles. The van der Waals surface area contributed by atoms with Crippen molar-refractivity contribution in [2.45, 2.75) is 0 Å². The fourth-order valence-electron chi connectivity index (χ4n) is 2.28. The number of rotatable bonds is 1. The van der Waals surface area contributed by atoms with Crippen LogP contribution in [-0.2, 0) is 4.74 Å². The van der Waals surface area contributed by atoms with Crippen LogP contribution in [0.25, 0.3) is 21.7 Å². The van der Waals surface area contributed by atoms with Crippen molar-refractivity contribution in [1.82, 2.24) is 4.98 Å². The largest absolute Gasteiger partial charge is 0.465 e. The summed E-state index contributed by atoms with van der Waals surface area (Å²) in [5, 5.41) is 2.38. The van der Waals surface area contributed by atoms with E-state index in [-0.39, 0.29) is 11.0 Å². The smallest absolute Gasteiger partial charge is 0.343 e. The van der Waals surface area contributed by atoms with Crippen molar-refractivity contribution in [3.05, 3.63) is 56.8 Å². The Bertz CT molecular complexity index is 899. The van der Waals surface area contributed by atoms with Gasteiger partial charge in [-0.25, -0.2) is 4.79 Å². The number of benzene rings is 2. The second-order valence-electron chi connectivity index (χ2n) is 4.35. The van der Waals surface area contributed by atoms with Gasteiger partial charge in [0.05, 0.1) is 12.6 Å². The van der Waals surface area contributed by atoms with Crippen molar-refractivity contribution in [2.75, 3.05) is 7.11 Å². The molecule has 0 unspecified atom stereocenters. The lowest BCUT2D eigenvalue weighted by Gasteiger charge is -2.07. The number of carbonyl (C=O) groups is 1. The second-order valence-corrected chi connectivity index (χ2v) is 5.20. The molecule has 3 rings (SSSR count). The number of hydrogen-bond donors (Lipinski definition) is 1. The van der Waals surface area contributed by atoms with Gasteiger partial charge in [-0.3, -0.25) is 4.79 Å². The molecule has 0 saturated carbocycles. The minimum atomic E-state index is -0.641. The van der Waals surface area contributed by atoms with Crippen LogP contribution in [0, 0.1) is 0 Å². The van der Waals surface area contributed by atoms with Gasteiger partial charge in [0.2, 0.25) is 5.43 Å². The summed E-state index contributed by atoms with van der Waals surface area (Å²) in [4.78, 5) is 27.0. The van der Waals surface area contributed by atoms with Crippen molar-refractivity contribution >= 4 is 43.6 Å². The van der Waals surface area contributed by atoms with E-state index in [0.717, 1.165) is 15.2 Å². The minimum absolute atomic E-state index is 0.00202. The van der Waals surface area contributed by atoms with E-state index in [4.69, 9.17) is 0 Å². The van der Waals surface area contributed by atoms with Gasteiger partial charge < -0.3 is 9.72 Å². The van der Waals surface area contributed by atoms with Gasteiger partial charge >= 0.3 is 5.97 Å². The van der Waals surface area contributed by atoms with Gasteiger partial charge in [0.1, 0.15) is 5.56 Å². The molecular formula is C15H10BrNO3. The highest BCUT2D eigenvalue weighted by Crippen LogP contribution is 2.29. The maximum Gasteiger partial charge on any atom is 0.343 e. The molecule has 0 amide bonds. The summed E-state index contributed by atoms with van der Waals surface area (Å²) >= 11 is 3.46. The third kappa shape index (κ3) is 1.82. The quantitative estimate of drug-likeness (QED) is 0.550. The highest BCUT2D eigenvalue weighted by molar-refractivity contribution is 9.10. The number of aromatic nitrogens is 1. The molecule has 1 N–H and O–H groups in total. The average molecular weight is 332 g/mol. The highest BCUT2D eigenvalue weighted by atomic mass is 79.9. The van der Waals surface area contributed by atoms with Crippen LogP contribution in [0.5, 0.6) is 0 Å². The number of pyridine rings is 1. The van der Waals surface area contributed by atoms with Crippen molar-refractivity contribution in [1.29, 1.82) is 0 Å². The Morgan fingerprint density at radius 2 is 1.90 bits per heavy atom. The average Bonchev–Trinajstić information content (AvgIpc) is 2.48. The lowest BCUT2D eigenvalue weighted by molar-refractivity contribution is 0.0599. The number of H-pyrrole nitrogens is 1. The molecule has 5 heteroatoms. The number of hydrogen-bond acceptors (Lipinski definition) is 3. The van der Waals surface area contributed by atoms with Gasteiger partial charge in [-0.05, 0) is 11.5 Å². The third-order valence-corrected chi connectivity index (χ3v) is 3.91. The summed E-state index contributed by atoms with van der Waals surface area (Å²) in [6, 6.07) is 9.45. The Labute approximate surface area is 122 Å². The molecule has 0 radical (unpaired) electrons. The monoisotopic (exact) mass is 331 g/mol. The number of aromatic amines is 1. The number of carbonyl (C=O) groups excluding carboxylic acids is 1. The van der Waals surface area contributed by atoms with Crippen molar-refractivity contribution in [3.8, 4) is 0 Å². The van der Waals surface area contributed by atoms with E-state index < -0.39 is 5.97 Å². The van der Waals surface area contributed by atoms with Crippen LogP contribution in [0.4, 0.5) is 0 Å². The first-order chi connectivity index (χ1) is 9.63. The summed E-state index contributed by atoms with van der Waals surface area (Å²) in [6.45, 7) is 0. The normalized spacial score (nSPS) is 10.9. The summed E-state index contributed by atoms with van der Waals surface area (Å²) < 4.78 is 5.43. The van der Waals surface area contributed by atoms with Gasteiger partial charge in [-0.15, -0.1) is 0 Å². The Morgan fingerprint density at radius 3 is 2.60 bits per heavy atom. The molecular weight excluding hydrogens is 322 g/mol. The number of esters is 1. The van der Waals surface area contributed by atoms with Crippen molar-refractivity contribution in [2.24, 2.45) is 0 Å². The number of methoxy groups -OCH3 is 1. The topological polar surface area (TPSA) is 59.2 Å². The molecule has 0 aliphatic carbocycles. The molecule has 0 aliphatic rings. The SMILES string of the molecule is COC(=O)c1c[nH]c2c(cc(Br)c3ccccc32)c1=O. The predicted octanol–water partition coefficient (Wildman–Crippen LogP) is 3.23. The number of ether oxygens (including phenoxy) is 1. The predicted molar refractivity (Wildman–Crippen MR) is 81.1 cm³/mol. The highest BCUT2D eigenvalue weighted by Gasteiger charge is 2.15. The molecule has 20 heavy (non-hydrogen) atoms. The Morgan fingerprint density at radius 1 is 1.20 bits per heavy atom. The first-order valence-electron chi connectivity index (χ1n) is 5.94. The van der Waals surface area contributed by atoms with E-state index in [1.807, 2.05) is 24.3 Å². The van der Waals surface area contributed by atoms with E-state index in [0.29, 0.717) is 10.9 Å². The van der Waals surface area contributed by atoms with Crippen LogP contribution in [0.3, 0.4) is 0 Å². The molecule has 0 saturated heterocycles. The number of fused-ring (bicyclic) bond motifs is 3. The van der Waals surface area contributed by atoms with E-state index in [1.54, 1.807) is 6.07 Å². The van der Waals surface area contributed by atoms with Crippen molar-refractivity contribution in [3.63, 3.8) is 0 Å². The molecule has 3 aromatic rings. The summed E-state index contributed by atoms with van der Waals surface area (Å²) in [7, 11) is 1.25. The fraction of sp³-hybridized carbons (Fsp3) is 0.0667. The van der Waals surface area contributed by atoms with Crippen LogP contribution < -0.4 is 5.43 Å². The summed E-state index contributed by atoms with van der Waals surface area (Å²) in [5.41, 5.74) is 0.376. The van der Waals surface area contributed by atoms with Crippen LogP contribution in [0.2, 0.25) is 0 Å². The molecule has 0 fully saturated rings. The molecule has 0 atom stereocenters. The van der Waals surface area contributed by atoms with E-state index in [2.05, 4.69) is 25.7 Å². The fourth-order valence-corrected chi connectivity index (χ4v) is 2.86. The van der Waals surface area contributed by atoms with Gasteiger partial charge in [0, 0.05) is 21.4 Å². The van der Waals surface area contributed by atoms with Gasteiger partial charge in [-0.2, -0.15) is 0 Å². The van der Waals surface area contributed by atoms with E-state index in [9.17, 15) is 9.59 Å². The summed E-state index contributed by atoms with van der Waals surface area (Å²) in [6.07, 6.45) is 1.40. The van der Waals surface area contributed by atoms with Crippen LogP contribution in [-0.4, -0.2) is 18.1 Å². The molecule has 100 valence electrons. The molecule has 0 bridgehead atoms. The minimum Gasteiger partial charge on any atom is -0.465 e. The van der Waals surface area contributed by atoms with Crippen LogP contribution >= 0.6 is 15.9 Å². The molecule has 4 nitrogen and oxygen atoms in total. The van der Waals surface area contributed by atoms with Crippen LogP contribution in [0.1, 0.15) is 10.4 Å². The Balaban J connectivity index is 2.48. The maximum absolute atomic E-state index is 12.4. The third-order valence-electron chi connectivity index (χ3n) is 3.25. The zero-order chi connectivity index (χ0) is 14.3. The number of halogens is 1. The van der Waals surface area contributed by atoms with Gasteiger partial charge in [0.15, 0.2) is 0 Å². The number of nitrogens with one attached hydrogen (secondary N) is 1. The van der Waals surface area contributed by atoms with E-state index in [1.165, 1.54) is 13.3 Å². The Kier molecular flexibility index (Phi) is 3.06. The van der Waals surface area contributed by atoms with Crippen LogP contribution in [0.15, 0.2) is 45.8 Å². The van der Waals surface area contributed by atoms with Crippen molar-refractivity contribution < 1.29 is 9.53 Å². The molecule has 0 spiro atoms. The molecule has 1 aromatic heterocycles. The lowest BCUT2D eigenvalue weighted by atomic mass is 10.0. The molecule has 2 aromatic carbocycles. The van der Waals surface area contributed by atoms with Gasteiger partial charge in [0.25, 0.3) is 0 Å². The zero-order valence-corrected chi connectivity index (χ0v) is 12.2.